The SMILES string of the molecule is Cc1nc(NCc2ccccc2F)cc2n[nH]c(=O)n12. The van der Waals surface area contributed by atoms with Crippen LogP contribution in [-0.4, -0.2) is 19.6 Å². The average molecular weight is 273 g/mol. The van der Waals surface area contributed by atoms with Gasteiger partial charge in [0.1, 0.15) is 17.5 Å². The molecule has 0 unspecified atom stereocenters. The summed E-state index contributed by atoms with van der Waals surface area (Å²) in [4.78, 5) is 15.7. The second-order valence-electron chi connectivity index (χ2n) is 4.36. The van der Waals surface area contributed by atoms with Crippen molar-refractivity contribution < 1.29 is 4.39 Å². The number of hydrogen-bond acceptors (Lipinski definition) is 4. The third-order valence-electron chi connectivity index (χ3n) is 2.99. The predicted octanol–water partition coefficient (Wildman–Crippen LogP) is 1.48. The minimum atomic E-state index is -0.328. The standard InChI is InChI=1S/C13H12FN5O/c1-8-16-11(6-12-17-18-13(20)19(8)12)15-7-9-4-2-3-5-10(9)14/h2-6,15H,7H2,1H3,(H,18,20). The number of fused-ring (bicyclic) bond motifs is 1. The normalized spacial score (nSPS) is 10.9. The van der Waals surface area contributed by atoms with Crippen LogP contribution in [0.1, 0.15) is 11.4 Å². The second-order valence-corrected chi connectivity index (χ2v) is 4.36. The van der Waals surface area contributed by atoms with Crippen LogP contribution in [0.25, 0.3) is 5.65 Å². The molecular weight excluding hydrogens is 261 g/mol. The van der Waals surface area contributed by atoms with Crippen LogP contribution >= 0.6 is 0 Å². The van der Waals surface area contributed by atoms with Gasteiger partial charge in [-0.3, -0.25) is 0 Å². The molecule has 0 spiro atoms. The zero-order chi connectivity index (χ0) is 14.1. The molecule has 1 aromatic carbocycles. The Kier molecular flexibility index (Phi) is 2.94. The largest absolute Gasteiger partial charge is 0.366 e. The molecule has 0 atom stereocenters. The van der Waals surface area contributed by atoms with Gasteiger partial charge >= 0.3 is 5.69 Å². The summed E-state index contributed by atoms with van der Waals surface area (Å²) in [5.41, 5.74) is 0.690. The Balaban J connectivity index is 1.88. The van der Waals surface area contributed by atoms with Crippen molar-refractivity contribution in [2.75, 3.05) is 5.32 Å². The molecule has 0 aliphatic carbocycles. The summed E-state index contributed by atoms with van der Waals surface area (Å²) in [5, 5.41) is 9.26. The Morgan fingerprint density at radius 3 is 3.00 bits per heavy atom. The lowest BCUT2D eigenvalue weighted by Crippen LogP contribution is -2.14. The summed E-state index contributed by atoms with van der Waals surface area (Å²) in [6, 6.07) is 8.16. The summed E-state index contributed by atoms with van der Waals surface area (Å²) >= 11 is 0. The average Bonchev–Trinajstić information content (AvgIpc) is 2.80. The van der Waals surface area contributed by atoms with Gasteiger partial charge in [0.05, 0.1) is 0 Å². The van der Waals surface area contributed by atoms with Crippen LogP contribution in [-0.2, 0) is 6.54 Å². The molecule has 2 heterocycles. The minimum absolute atomic E-state index is 0.270. The number of H-pyrrole nitrogens is 1. The molecule has 0 radical (unpaired) electrons. The topological polar surface area (TPSA) is 75.1 Å². The number of rotatable bonds is 3. The molecule has 6 nitrogen and oxygen atoms in total. The van der Waals surface area contributed by atoms with Crippen LogP contribution in [0, 0.1) is 12.7 Å². The third-order valence-corrected chi connectivity index (χ3v) is 2.99. The van der Waals surface area contributed by atoms with Crippen molar-refractivity contribution >= 4 is 11.5 Å². The van der Waals surface area contributed by atoms with Crippen molar-refractivity contribution in [2.24, 2.45) is 0 Å². The zero-order valence-corrected chi connectivity index (χ0v) is 10.7. The van der Waals surface area contributed by atoms with Crippen molar-refractivity contribution in [3.05, 3.63) is 58.0 Å². The Morgan fingerprint density at radius 1 is 1.40 bits per heavy atom. The van der Waals surface area contributed by atoms with Gasteiger partial charge in [-0.2, -0.15) is 5.10 Å². The van der Waals surface area contributed by atoms with E-state index in [0.717, 1.165) is 0 Å². The van der Waals surface area contributed by atoms with Crippen molar-refractivity contribution in [1.29, 1.82) is 0 Å². The maximum Gasteiger partial charge on any atom is 0.349 e. The van der Waals surface area contributed by atoms with E-state index in [1.54, 1.807) is 31.2 Å². The van der Waals surface area contributed by atoms with Crippen LogP contribution < -0.4 is 11.0 Å². The fraction of sp³-hybridized carbons (Fsp3) is 0.154. The van der Waals surface area contributed by atoms with E-state index in [1.807, 2.05) is 0 Å². The minimum Gasteiger partial charge on any atom is -0.366 e. The highest BCUT2D eigenvalue weighted by Gasteiger charge is 2.07. The number of aromatic nitrogens is 4. The molecule has 7 heteroatoms. The summed E-state index contributed by atoms with van der Waals surface area (Å²) in [6.45, 7) is 2.02. The Hall–Kier alpha value is -2.70. The first-order valence-electron chi connectivity index (χ1n) is 6.07. The number of nitrogens with zero attached hydrogens (tertiary/aromatic N) is 3. The van der Waals surface area contributed by atoms with Gasteiger partial charge < -0.3 is 5.32 Å². The van der Waals surface area contributed by atoms with Crippen molar-refractivity contribution in [3.63, 3.8) is 0 Å². The molecule has 0 amide bonds. The van der Waals surface area contributed by atoms with Crippen LogP contribution in [0.3, 0.4) is 0 Å². The first-order valence-corrected chi connectivity index (χ1v) is 6.07. The first kappa shape index (κ1) is 12.3. The predicted molar refractivity (Wildman–Crippen MR) is 72.1 cm³/mol. The van der Waals surface area contributed by atoms with E-state index >= 15 is 0 Å². The number of halogens is 1. The monoisotopic (exact) mass is 273 g/mol. The van der Waals surface area contributed by atoms with Gasteiger partial charge in [-0.1, -0.05) is 18.2 Å². The number of aryl methyl sites for hydroxylation is 1. The lowest BCUT2D eigenvalue weighted by molar-refractivity contribution is 0.613. The van der Waals surface area contributed by atoms with Crippen molar-refractivity contribution in [3.8, 4) is 0 Å². The van der Waals surface area contributed by atoms with Crippen LogP contribution in [0.2, 0.25) is 0 Å². The molecule has 0 bridgehead atoms. The maximum absolute atomic E-state index is 13.5. The number of anilines is 1. The fourth-order valence-corrected chi connectivity index (χ4v) is 2.02. The van der Waals surface area contributed by atoms with Gasteiger partial charge in [0.15, 0.2) is 5.65 Å². The number of nitrogens with one attached hydrogen (secondary N) is 2. The van der Waals surface area contributed by atoms with Crippen LogP contribution in [0.5, 0.6) is 0 Å². The number of benzene rings is 1. The first-order chi connectivity index (χ1) is 9.65. The Bertz CT molecular complexity index is 823. The van der Waals surface area contributed by atoms with E-state index in [1.165, 1.54) is 10.5 Å². The summed E-state index contributed by atoms with van der Waals surface area (Å²) < 4.78 is 14.9. The lowest BCUT2D eigenvalue weighted by atomic mass is 10.2. The Labute approximate surface area is 113 Å². The molecule has 3 aromatic rings. The molecule has 0 fully saturated rings. The third kappa shape index (κ3) is 2.13. The summed E-state index contributed by atoms with van der Waals surface area (Å²) in [5.74, 6) is 0.781. The van der Waals surface area contributed by atoms with Gasteiger partial charge in [0.25, 0.3) is 0 Å². The number of aromatic amines is 1. The van der Waals surface area contributed by atoms with E-state index in [9.17, 15) is 9.18 Å². The summed E-state index contributed by atoms with van der Waals surface area (Å²) in [6.07, 6.45) is 0. The molecular formula is C13H12FN5O. The van der Waals surface area contributed by atoms with Crippen molar-refractivity contribution in [2.45, 2.75) is 13.5 Å². The van der Waals surface area contributed by atoms with Gasteiger partial charge in [-0.15, -0.1) is 0 Å². The molecule has 0 aliphatic rings. The molecule has 102 valence electrons. The van der Waals surface area contributed by atoms with E-state index in [4.69, 9.17) is 0 Å². The molecule has 0 saturated heterocycles. The quantitative estimate of drug-likeness (QED) is 0.758. The van der Waals surface area contributed by atoms with Gasteiger partial charge in [-0.05, 0) is 13.0 Å². The number of hydrogen-bond donors (Lipinski definition) is 2. The van der Waals surface area contributed by atoms with E-state index in [2.05, 4.69) is 20.5 Å². The highest BCUT2D eigenvalue weighted by molar-refractivity contribution is 5.49. The molecule has 0 saturated carbocycles. The van der Waals surface area contributed by atoms with Crippen LogP contribution in [0.15, 0.2) is 35.1 Å². The smallest absolute Gasteiger partial charge is 0.349 e. The van der Waals surface area contributed by atoms with E-state index in [0.29, 0.717) is 29.4 Å². The van der Waals surface area contributed by atoms with Crippen molar-refractivity contribution in [1.82, 2.24) is 19.6 Å². The highest BCUT2D eigenvalue weighted by atomic mass is 19.1. The zero-order valence-electron chi connectivity index (χ0n) is 10.7. The highest BCUT2D eigenvalue weighted by Crippen LogP contribution is 2.11. The van der Waals surface area contributed by atoms with Crippen LogP contribution in [0.4, 0.5) is 10.2 Å². The van der Waals surface area contributed by atoms with E-state index < -0.39 is 0 Å². The van der Waals surface area contributed by atoms with Gasteiger partial charge in [-0.25, -0.2) is 23.7 Å². The molecule has 20 heavy (non-hydrogen) atoms. The summed E-state index contributed by atoms with van der Waals surface area (Å²) in [7, 11) is 0. The maximum atomic E-state index is 13.5. The lowest BCUT2D eigenvalue weighted by Gasteiger charge is -2.07. The molecule has 2 N–H and O–H groups in total. The van der Waals surface area contributed by atoms with E-state index in [-0.39, 0.29) is 11.5 Å². The Morgan fingerprint density at radius 2 is 2.20 bits per heavy atom. The van der Waals surface area contributed by atoms with Gasteiger partial charge in [0.2, 0.25) is 0 Å². The second kappa shape index (κ2) is 4.76. The molecule has 2 aromatic heterocycles. The fourth-order valence-electron chi connectivity index (χ4n) is 2.02. The van der Waals surface area contributed by atoms with Gasteiger partial charge in [0, 0.05) is 18.2 Å². The molecule has 3 rings (SSSR count). The molecule has 0 aliphatic heterocycles.